The van der Waals surface area contributed by atoms with Crippen LogP contribution < -0.4 is 5.73 Å². The predicted octanol–water partition coefficient (Wildman–Crippen LogP) is 4.02. The Kier molecular flexibility index (Phi) is 21.3. The van der Waals surface area contributed by atoms with Gasteiger partial charge in [-0.25, -0.2) is 4.57 Å². The van der Waals surface area contributed by atoms with Crippen molar-refractivity contribution in [2.24, 2.45) is 5.73 Å². The van der Waals surface area contributed by atoms with Crippen molar-refractivity contribution in [2.45, 2.75) is 109 Å². The molecule has 0 aliphatic rings. The summed E-state index contributed by atoms with van der Waals surface area (Å²) in [6.45, 7) is 1.24. The minimum Gasteiger partial charge on any atom is -0.480 e. The third-order valence-electron chi connectivity index (χ3n) is 5.49. The van der Waals surface area contributed by atoms with Gasteiger partial charge in [-0.15, -0.1) is 0 Å². The van der Waals surface area contributed by atoms with Crippen LogP contribution in [0.2, 0.25) is 0 Å². The van der Waals surface area contributed by atoms with E-state index < -0.39 is 39.2 Å². The summed E-state index contributed by atoms with van der Waals surface area (Å²) < 4.78 is 31.6. The van der Waals surface area contributed by atoms with Crippen molar-refractivity contribution >= 4 is 13.8 Å². The minimum absolute atomic E-state index is 0.0824. The summed E-state index contributed by atoms with van der Waals surface area (Å²) in [5, 5.41) is 18.5. The van der Waals surface area contributed by atoms with Crippen LogP contribution in [0.25, 0.3) is 0 Å². The number of hydrogen-bond acceptors (Lipinski definition) is 8. The number of nitrogens with two attached hydrogens (primary N) is 1. The van der Waals surface area contributed by atoms with Crippen LogP contribution >= 0.6 is 7.82 Å². The maximum absolute atomic E-state index is 11.7. The number of aliphatic carboxylic acids is 1. The number of phosphoric ester groups is 1. The molecule has 0 rings (SSSR count). The fraction of sp³-hybridized carbons (Fsp3) is 0.957. The molecule has 0 bridgehead atoms. The normalized spacial score (nSPS) is 16.1. The lowest BCUT2D eigenvalue weighted by Gasteiger charge is -2.18. The van der Waals surface area contributed by atoms with Gasteiger partial charge < -0.3 is 30.3 Å². The van der Waals surface area contributed by atoms with Crippen LogP contribution in [0.4, 0.5) is 0 Å². The van der Waals surface area contributed by atoms with Crippen LogP contribution in [0.15, 0.2) is 0 Å². The summed E-state index contributed by atoms with van der Waals surface area (Å²) >= 11 is 0. The first kappa shape index (κ1) is 33.4. The molecule has 34 heavy (non-hydrogen) atoms. The van der Waals surface area contributed by atoms with Crippen molar-refractivity contribution in [3.8, 4) is 0 Å². The molecule has 0 aromatic carbocycles. The van der Waals surface area contributed by atoms with E-state index in [2.05, 4.69) is 16.0 Å². The quantitative estimate of drug-likeness (QED) is 0.104. The first-order chi connectivity index (χ1) is 16.2. The van der Waals surface area contributed by atoms with Gasteiger partial charge in [0.15, 0.2) is 0 Å². The fourth-order valence-corrected chi connectivity index (χ4v) is 4.11. The lowest BCUT2D eigenvalue weighted by molar-refractivity contribution is -0.139. The highest BCUT2D eigenvalue weighted by molar-refractivity contribution is 7.47. The number of methoxy groups -OCH3 is 1. The van der Waals surface area contributed by atoms with Crippen molar-refractivity contribution < 1.29 is 43.0 Å². The summed E-state index contributed by atoms with van der Waals surface area (Å²) in [6, 6.07) is -1.45. The molecule has 0 fully saturated rings. The van der Waals surface area contributed by atoms with Crippen molar-refractivity contribution in [2.75, 3.05) is 33.5 Å². The van der Waals surface area contributed by atoms with Crippen LogP contribution in [0.1, 0.15) is 90.4 Å². The molecule has 0 aliphatic heterocycles. The number of carboxylic acid groups (broad SMARTS) is 1. The van der Waals surface area contributed by atoms with E-state index in [0.717, 1.165) is 19.3 Å². The molecular weight excluding hydrogens is 465 g/mol. The average molecular weight is 514 g/mol. The highest BCUT2D eigenvalue weighted by atomic mass is 31.2. The SMILES string of the molecule is CCCCCCCCCCCCCCC(COC[C@@H](O)COP(=O)(O)OC[C@H](N)C(=O)O)OC. The van der Waals surface area contributed by atoms with Crippen LogP contribution in [0.5, 0.6) is 0 Å². The van der Waals surface area contributed by atoms with E-state index in [9.17, 15) is 19.4 Å². The number of rotatable bonds is 25. The van der Waals surface area contributed by atoms with Gasteiger partial charge >= 0.3 is 13.8 Å². The molecule has 4 atom stereocenters. The molecule has 0 aliphatic carbocycles. The smallest absolute Gasteiger partial charge is 0.472 e. The maximum atomic E-state index is 11.7. The molecule has 0 saturated carbocycles. The number of ether oxygens (including phenoxy) is 2. The zero-order chi connectivity index (χ0) is 25.7. The molecule has 0 amide bonds. The number of carboxylic acids is 1. The van der Waals surface area contributed by atoms with E-state index in [-0.39, 0.29) is 12.7 Å². The number of aliphatic hydroxyl groups is 1. The van der Waals surface area contributed by atoms with Crippen molar-refractivity contribution in [1.82, 2.24) is 0 Å². The Hall–Kier alpha value is -0.580. The fourth-order valence-electron chi connectivity index (χ4n) is 3.33. The lowest BCUT2D eigenvalue weighted by atomic mass is 10.0. The monoisotopic (exact) mass is 513 g/mol. The molecule has 10 nitrogen and oxygen atoms in total. The van der Waals surface area contributed by atoms with Gasteiger partial charge in [0.2, 0.25) is 0 Å². The molecule has 0 aromatic heterocycles. The third-order valence-corrected chi connectivity index (χ3v) is 6.44. The number of hydrogen-bond donors (Lipinski definition) is 4. The number of phosphoric acid groups is 1. The van der Waals surface area contributed by atoms with Gasteiger partial charge in [0.25, 0.3) is 0 Å². The summed E-state index contributed by atoms with van der Waals surface area (Å²) in [4.78, 5) is 20.1. The van der Waals surface area contributed by atoms with Gasteiger partial charge in [0, 0.05) is 7.11 Å². The first-order valence-corrected chi connectivity index (χ1v) is 14.1. The molecule has 5 N–H and O–H groups in total. The van der Waals surface area contributed by atoms with E-state index >= 15 is 0 Å². The zero-order valence-electron chi connectivity index (χ0n) is 21.1. The predicted molar refractivity (Wildman–Crippen MR) is 131 cm³/mol. The minimum atomic E-state index is -4.52. The van der Waals surface area contributed by atoms with Gasteiger partial charge in [-0.1, -0.05) is 84.0 Å². The van der Waals surface area contributed by atoms with Gasteiger partial charge in [-0.05, 0) is 6.42 Å². The molecule has 11 heteroatoms. The highest BCUT2D eigenvalue weighted by Gasteiger charge is 2.25. The molecule has 204 valence electrons. The second-order valence-electron chi connectivity index (χ2n) is 8.73. The highest BCUT2D eigenvalue weighted by Crippen LogP contribution is 2.43. The Labute approximate surface area is 205 Å². The van der Waals surface area contributed by atoms with Crippen molar-refractivity contribution in [1.29, 1.82) is 0 Å². The lowest BCUT2D eigenvalue weighted by Crippen LogP contribution is -2.34. The average Bonchev–Trinajstić information content (AvgIpc) is 2.80. The third kappa shape index (κ3) is 20.8. The van der Waals surface area contributed by atoms with E-state index in [1.165, 1.54) is 64.2 Å². The van der Waals surface area contributed by atoms with E-state index in [0.29, 0.717) is 6.61 Å². The molecule has 0 spiro atoms. The molecule has 0 saturated heterocycles. The summed E-state index contributed by atoms with van der Waals surface area (Å²) in [6.07, 6.45) is 15.1. The number of carbonyl (C=O) groups is 1. The molecule has 2 unspecified atom stereocenters. The van der Waals surface area contributed by atoms with E-state index in [1.807, 2.05) is 0 Å². The van der Waals surface area contributed by atoms with Crippen LogP contribution in [0, 0.1) is 0 Å². The Morgan fingerprint density at radius 1 is 0.853 bits per heavy atom. The Bertz CT molecular complexity index is 539. The largest absolute Gasteiger partial charge is 0.480 e. The van der Waals surface area contributed by atoms with Crippen LogP contribution in [0.3, 0.4) is 0 Å². The summed E-state index contributed by atoms with van der Waals surface area (Å²) in [5.74, 6) is -1.37. The van der Waals surface area contributed by atoms with Crippen molar-refractivity contribution in [3.63, 3.8) is 0 Å². The Morgan fingerprint density at radius 2 is 1.35 bits per heavy atom. The Balaban J connectivity index is 3.72. The maximum Gasteiger partial charge on any atom is 0.472 e. The number of aliphatic hydroxyl groups excluding tert-OH is 1. The van der Waals surface area contributed by atoms with E-state index in [4.69, 9.17) is 20.3 Å². The Morgan fingerprint density at radius 3 is 1.85 bits per heavy atom. The topological polar surface area (TPSA) is 158 Å². The van der Waals surface area contributed by atoms with Crippen molar-refractivity contribution in [3.05, 3.63) is 0 Å². The summed E-state index contributed by atoms with van der Waals surface area (Å²) in [7, 11) is -2.90. The first-order valence-electron chi connectivity index (χ1n) is 12.6. The second kappa shape index (κ2) is 21.7. The second-order valence-corrected chi connectivity index (χ2v) is 10.2. The van der Waals surface area contributed by atoms with Gasteiger partial charge in [0.1, 0.15) is 12.1 Å². The molecule has 0 heterocycles. The van der Waals surface area contributed by atoms with Gasteiger partial charge in [-0.3, -0.25) is 13.8 Å². The summed E-state index contributed by atoms with van der Waals surface area (Å²) in [5.41, 5.74) is 5.19. The van der Waals surface area contributed by atoms with E-state index in [1.54, 1.807) is 7.11 Å². The van der Waals surface area contributed by atoms with Crippen LogP contribution in [-0.2, 0) is 27.9 Å². The van der Waals surface area contributed by atoms with Crippen LogP contribution in [-0.4, -0.2) is 72.9 Å². The molecular formula is C23H48NO9P. The van der Waals surface area contributed by atoms with Gasteiger partial charge in [-0.2, -0.15) is 0 Å². The number of unbranched alkanes of at least 4 members (excludes halogenated alkanes) is 11. The zero-order valence-corrected chi connectivity index (χ0v) is 22.0. The molecule has 0 aromatic rings. The standard InChI is InChI=1S/C23H48NO9P/c1-3-4-5-6-7-8-9-10-11-12-13-14-15-21(30-2)18-31-16-20(25)17-32-34(28,29)33-19-22(24)23(26)27/h20-22,25H,3-19,24H2,1-2H3,(H,26,27)(H,28,29)/t20-,21?,22+/m1/s1. The van der Waals surface area contributed by atoms with Gasteiger partial charge in [0.05, 0.1) is 32.5 Å². The molecule has 0 radical (unpaired) electrons.